The lowest BCUT2D eigenvalue weighted by molar-refractivity contribution is 0.0517. The number of ether oxygens (including phenoxy) is 1. The summed E-state index contributed by atoms with van der Waals surface area (Å²) >= 11 is 0. The van der Waals surface area contributed by atoms with E-state index in [0.29, 0.717) is 11.3 Å². The molecule has 0 aliphatic rings. The number of hydrogen-bond acceptors (Lipinski definition) is 5. The highest BCUT2D eigenvalue weighted by Crippen LogP contribution is 2.23. The number of aromatic nitrogens is 1. The largest absolute Gasteiger partial charge is 0.460 e. The molecule has 1 aromatic heterocycles. The Morgan fingerprint density at radius 1 is 0.964 bits per heavy atom. The van der Waals surface area contributed by atoms with Crippen LogP contribution in [-0.4, -0.2) is 32.5 Å². The van der Waals surface area contributed by atoms with Crippen molar-refractivity contribution in [2.45, 2.75) is 11.8 Å². The quantitative estimate of drug-likeness (QED) is 0.572. The van der Waals surface area contributed by atoms with Gasteiger partial charge in [-0.25, -0.2) is 13.2 Å². The summed E-state index contributed by atoms with van der Waals surface area (Å²) in [6.45, 7) is 1.81. The van der Waals surface area contributed by atoms with E-state index < -0.39 is 16.0 Å². The molecule has 6 nitrogen and oxygen atoms in total. The Morgan fingerprint density at radius 3 is 2.25 bits per heavy atom. The summed E-state index contributed by atoms with van der Waals surface area (Å²) in [5.41, 5.74) is 1.84. The van der Waals surface area contributed by atoms with E-state index in [1.165, 1.54) is 16.7 Å². The van der Waals surface area contributed by atoms with Gasteiger partial charge in [0.2, 0.25) is 0 Å². The molecule has 0 N–H and O–H groups in total. The maximum Gasteiger partial charge on any atom is 0.338 e. The maximum absolute atomic E-state index is 13.2. The predicted molar refractivity (Wildman–Crippen MR) is 107 cm³/mol. The summed E-state index contributed by atoms with van der Waals surface area (Å²) < 4.78 is 32.8. The number of sulfonamides is 1. The van der Waals surface area contributed by atoms with E-state index in [-0.39, 0.29) is 18.0 Å². The van der Waals surface area contributed by atoms with Crippen LogP contribution in [0.15, 0.2) is 84.0 Å². The van der Waals surface area contributed by atoms with Crippen LogP contribution in [0.5, 0.6) is 0 Å². The van der Waals surface area contributed by atoms with Crippen LogP contribution in [0.2, 0.25) is 0 Å². The molecule has 0 saturated heterocycles. The van der Waals surface area contributed by atoms with Crippen LogP contribution in [0, 0.1) is 6.92 Å². The number of rotatable bonds is 7. The highest BCUT2D eigenvalue weighted by atomic mass is 32.2. The molecule has 0 bridgehead atoms. The summed E-state index contributed by atoms with van der Waals surface area (Å²) in [5, 5.41) is 0. The van der Waals surface area contributed by atoms with Crippen molar-refractivity contribution in [2.75, 3.05) is 17.5 Å². The molecule has 0 amide bonds. The van der Waals surface area contributed by atoms with E-state index >= 15 is 0 Å². The zero-order chi connectivity index (χ0) is 20.0. The Balaban J connectivity index is 1.80. The lowest BCUT2D eigenvalue weighted by atomic mass is 10.2. The Hall–Kier alpha value is -3.19. The zero-order valence-corrected chi connectivity index (χ0v) is 16.2. The number of para-hydroxylation sites is 1. The van der Waals surface area contributed by atoms with Gasteiger partial charge in [0.25, 0.3) is 10.0 Å². The first kappa shape index (κ1) is 19.6. The molecule has 144 valence electrons. The molecule has 0 aliphatic heterocycles. The van der Waals surface area contributed by atoms with Crippen LogP contribution in [0.25, 0.3) is 0 Å². The average molecular weight is 396 g/mol. The summed E-state index contributed by atoms with van der Waals surface area (Å²) in [7, 11) is -3.80. The van der Waals surface area contributed by atoms with Gasteiger partial charge in [0.15, 0.2) is 0 Å². The van der Waals surface area contributed by atoms with Crippen molar-refractivity contribution in [3.05, 3.63) is 90.3 Å². The molecule has 3 rings (SSSR count). The first-order valence-corrected chi connectivity index (χ1v) is 10.1. The van der Waals surface area contributed by atoms with Crippen LogP contribution >= 0.6 is 0 Å². The van der Waals surface area contributed by atoms with Crippen molar-refractivity contribution in [1.29, 1.82) is 0 Å². The van der Waals surface area contributed by atoms with Crippen molar-refractivity contribution in [1.82, 2.24) is 4.98 Å². The molecule has 0 saturated carbocycles. The fourth-order valence-corrected chi connectivity index (χ4v) is 4.06. The van der Waals surface area contributed by atoms with Gasteiger partial charge in [-0.05, 0) is 43.3 Å². The molecular weight excluding hydrogens is 376 g/mol. The third kappa shape index (κ3) is 4.55. The molecule has 7 heteroatoms. The number of anilines is 1. The van der Waals surface area contributed by atoms with Gasteiger partial charge in [-0.3, -0.25) is 9.29 Å². The van der Waals surface area contributed by atoms with Crippen molar-refractivity contribution in [3.8, 4) is 0 Å². The van der Waals surface area contributed by atoms with Gasteiger partial charge in [0.1, 0.15) is 6.61 Å². The van der Waals surface area contributed by atoms with Crippen LogP contribution < -0.4 is 4.31 Å². The van der Waals surface area contributed by atoms with E-state index in [1.54, 1.807) is 60.7 Å². The van der Waals surface area contributed by atoms with E-state index in [1.807, 2.05) is 13.0 Å². The SMILES string of the molecule is Cc1ccc(S(=O)(=O)N(CCOC(=O)c2ccncc2)c2ccccc2)cc1. The van der Waals surface area contributed by atoms with Gasteiger partial charge >= 0.3 is 5.97 Å². The molecule has 2 aromatic carbocycles. The minimum absolute atomic E-state index is 0.00293. The third-order valence-electron chi connectivity index (χ3n) is 4.10. The minimum Gasteiger partial charge on any atom is -0.460 e. The fraction of sp³-hybridized carbons (Fsp3) is 0.143. The summed E-state index contributed by atoms with van der Waals surface area (Å²) in [4.78, 5) is 16.1. The van der Waals surface area contributed by atoms with Gasteiger partial charge in [0, 0.05) is 12.4 Å². The van der Waals surface area contributed by atoms with Crippen LogP contribution in [0.4, 0.5) is 5.69 Å². The maximum atomic E-state index is 13.2. The standard InChI is InChI=1S/C21H20N2O4S/c1-17-7-9-20(10-8-17)28(25,26)23(19-5-3-2-4-6-19)15-16-27-21(24)18-11-13-22-14-12-18/h2-14H,15-16H2,1H3. The second kappa shape index (κ2) is 8.67. The number of benzene rings is 2. The van der Waals surface area contributed by atoms with E-state index in [9.17, 15) is 13.2 Å². The van der Waals surface area contributed by atoms with Crippen molar-refractivity contribution in [3.63, 3.8) is 0 Å². The zero-order valence-electron chi connectivity index (χ0n) is 15.4. The monoisotopic (exact) mass is 396 g/mol. The Labute approximate surface area is 164 Å². The summed E-state index contributed by atoms with van der Waals surface area (Å²) in [5.74, 6) is -0.525. The number of carbonyl (C=O) groups excluding carboxylic acids is 1. The van der Waals surface area contributed by atoms with E-state index in [0.717, 1.165) is 5.56 Å². The molecule has 0 atom stereocenters. The molecule has 0 radical (unpaired) electrons. The number of hydrogen-bond donors (Lipinski definition) is 0. The first-order chi connectivity index (χ1) is 13.5. The fourth-order valence-electron chi connectivity index (χ4n) is 2.61. The number of esters is 1. The molecule has 3 aromatic rings. The van der Waals surface area contributed by atoms with Gasteiger partial charge in [-0.2, -0.15) is 0 Å². The number of aryl methyl sites for hydroxylation is 1. The normalized spacial score (nSPS) is 11.0. The molecule has 0 unspecified atom stereocenters. The van der Waals surface area contributed by atoms with Crippen LogP contribution in [0.3, 0.4) is 0 Å². The molecule has 1 heterocycles. The van der Waals surface area contributed by atoms with Gasteiger partial charge in [0.05, 0.1) is 22.7 Å². The average Bonchev–Trinajstić information content (AvgIpc) is 2.72. The Bertz CT molecular complexity index is 1020. The topological polar surface area (TPSA) is 76.6 Å². The number of nitrogens with zero attached hydrogens (tertiary/aromatic N) is 2. The van der Waals surface area contributed by atoms with Crippen molar-refractivity contribution < 1.29 is 17.9 Å². The van der Waals surface area contributed by atoms with Gasteiger partial charge in [-0.15, -0.1) is 0 Å². The van der Waals surface area contributed by atoms with Gasteiger partial charge < -0.3 is 4.74 Å². The molecule has 0 fully saturated rings. The van der Waals surface area contributed by atoms with Crippen LogP contribution in [-0.2, 0) is 14.8 Å². The van der Waals surface area contributed by atoms with Crippen molar-refractivity contribution >= 4 is 21.7 Å². The predicted octanol–water partition coefficient (Wildman–Crippen LogP) is 3.44. The lowest BCUT2D eigenvalue weighted by Crippen LogP contribution is -2.34. The van der Waals surface area contributed by atoms with Gasteiger partial charge in [-0.1, -0.05) is 35.9 Å². The highest BCUT2D eigenvalue weighted by Gasteiger charge is 2.25. The second-order valence-electron chi connectivity index (χ2n) is 6.10. The highest BCUT2D eigenvalue weighted by molar-refractivity contribution is 7.92. The minimum atomic E-state index is -3.80. The molecule has 0 aliphatic carbocycles. The lowest BCUT2D eigenvalue weighted by Gasteiger charge is -2.24. The number of pyridine rings is 1. The Kier molecular flexibility index (Phi) is 6.06. The van der Waals surface area contributed by atoms with E-state index in [4.69, 9.17) is 4.74 Å². The van der Waals surface area contributed by atoms with Crippen LogP contribution in [0.1, 0.15) is 15.9 Å². The molecule has 0 spiro atoms. The molecule has 28 heavy (non-hydrogen) atoms. The summed E-state index contributed by atoms with van der Waals surface area (Å²) in [6.07, 6.45) is 2.99. The second-order valence-corrected chi connectivity index (χ2v) is 7.96. The third-order valence-corrected chi connectivity index (χ3v) is 5.94. The smallest absolute Gasteiger partial charge is 0.338 e. The Morgan fingerprint density at radius 2 is 1.61 bits per heavy atom. The number of carbonyl (C=O) groups is 1. The van der Waals surface area contributed by atoms with E-state index in [2.05, 4.69) is 4.98 Å². The summed E-state index contributed by atoms with van der Waals surface area (Å²) in [6, 6.07) is 18.5. The first-order valence-electron chi connectivity index (χ1n) is 8.70. The molecular formula is C21H20N2O4S. The van der Waals surface area contributed by atoms with Crippen molar-refractivity contribution in [2.24, 2.45) is 0 Å².